The Kier molecular flexibility index (Phi) is 2.46. The van der Waals surface area contributed by atoms with Crippen LogP contribution in [0.1, 0.15) is 18.1 Å². The summed E-state index contributed by atoms with van der Waals surface area (Å²) in [7, 11) is 0. The summed E-state index contributed by atoms with van der Waals surface area (Å²) in [5.74, 6) is 0.482. The first-order valence-corrected chi connectivity index (χ1v) is 5.13. The van der Waals surface area contributed by atoms with E-state index in [1.165, 1.54) is 5.56 Å². The lowest BCUT2D eigenvalue weighted by Gasteiger charge is -2.07. The monoisotopic (exact) mass is 208 g/mol. The molecule has 0 aromatic heterocycles. The first kappa shape index (κ1) is 9.53. The standard InChI is InChI=1S/C11H13ClN2/c1-7-5-9(3-4-10(7)12)11-8(2)6-13-14-11/h3-5,8,13H,6H2,1-2H3. The van der Waals surface area contributed by atoms with Crippen LogP contribution in [0.2, 0.25) is 5.02 Å². The van der Waals surface area contributed by atoms with Gasteiger partial charge in [-0.1, -0.05) is 24.6 Å². The maximum absolute atomic E-state index is 5.97. The topological polar surface area (TPSA) is 24.4 Å². The number of rotatable bonds is 1. The highest BCUT2D eigenvalue weighted by atomic mass is 35.5. The molecule has 3 heteroatoms. The van der Waals surface area contributed by atoms with E-state index in [4.69, 9.17) is 11.6 Å². The van der Waals surface area contributed by atoms with E-state index >= 15 is 0 Å². The second kappa shape index (κ2) is 3.62. The van der Waals surface area contributed by atoms with Gasteiger partial charge in [0.05, 0.1) is 5.71 Å². The summed E-state index contributed by atoms with van der Waals surface area (Å²) in [6.45, 7) is 5.11. The largest absolute Gasteiger partial charge is 0.309 e. The molecule has 1 aliphatic heterocycles. The fourth-order valence-corrected chi connectivity index (χ4v) is 1.75. The van der Waals surface area contributed by atoms with Crippen LogP contribution in [0.5, 0.6) is 0 Å². The highest BCUT2D eigenvalue weighted by Crippen LogP contribution is 2.20. The number of nitrogens with zero attached hydrogens (tertiary/aromatic N) is 1. The van der Waals surface area contributed by atoms with Crippen LogP contribution in [-0.2, 0) is 0 Å². The number of hydrogen-bond acceptors (Lipinski definition) is 2. The highest BCUT2D eigenvalue weighted by Gasteiger charge is 2.18. The molecule has 1 heterocycles. The van der Waals surface area contributed by atoms with Crippen molar-refractivity contribution in [3.63, 3.8) is 0 Å². The molecule has 0 radical (unpaired) electrons. The second-order valence-electron chi connectivity index (χ2n) is 3.72. The maximum Gasteiger partial charge on any atom is 0.0721 e. The van der Waals surface area contributed by atoms with Gasteiger partial charge in [0, 0.05) is 17.5 Å². The molecule has 2 nitrogen and oxygen atoms in total. The predicted molar refractivity (Wildman–Crippen MR) is 59.9 cm³/mol. The molecule has 0 bridgehead atoms. The Morgan fingerprint density at radius 2 is 2.29 bits per heavy atom. The van der Waals surface area contributed by atoms with Crippen molar-refractivity contribution < 1.29 is 0 Å². The van der Waals surface area contributed by atoms with Gasteiger partial charge < -0.3 is 5.43 Å². The van der Waals surface area contributed by atoms with Crippen LogP contribution in [0.3, 0.4) is 0 Å². The molecule has 1 aliphatic rings. The predicted octanol–water partition coefficient (Wildman–Crippen LogP) is 2.59. The Bertz CT molecular complexity index is 385. The third-order valence-corrected chi connectivity index (χ3v) is 2.94. The maximum atomic E-state index is 5.97. The smallest absolute Gasteiger partial charge is 0.0721 e. The van der Waals surface area contributed by atoms with Crippen molar-refractivity contribution in [2.45, 2.75) is 13.8 Å². The molecule has 0 aliphatic carbocycles. The first-order chi connectivity index (χ1) is 6.68. The van der Waals surface area contributed by atoms with Crippen LogP contribution in [0.4, 0.5) is 0 Å². The molecule has 0 fully saturated rings. The van der Waals surface area contributed by atoms with Gasteiger partial charge in [-0.05, 0) is 30.2 Å². The molecule has 74 valence electrons. The van der Waals surface area contributed by atoms with Crippen LogP contribution < -0.4 is 5.43 Å². The molecule has 1 aromatic rings. The quantitative estimate of drug-likeness (QED) is 0.754. The number of benzene rings is 1. The molecular formula is C11H13ClN2. The van der Waals surface area contributed by atoms with Gasteiger partial charge in [-0.25, -0.2) is 0 Å². The Morgan fingerprint density at radius 3 is 2.86 bits per heavy atom. The van der Waals surface area contributed by atoms with Crippen molar-refractivity contribution in [2.24, 2.45) is 11.0 Å². The van der Waals surface area contributed by atoms with Crippen molar-refractivity contribution in [3.8, 4) is 0 Å². The second-order valence-corrected chi connectivity index (χ2v) is 4.13. The fourth-order valence-electron chi connectivity index (χ4n) is 1.63. The van der Waals surface area contributed by atoms with Gasteiger partial charge in [0.15, 0.2) is 0 Å². The molecule has 0 amide bonds. The van der Waals surface area contributed by atoms with E-state index in [1.807, 2.05) is 19.1 Å². The van der Waals surface area contributed by atoms with Crippen molar-refractivity contribution in [3.05, 3.63) is 34.3 Å². The molecule has 0 saturated carbocycles. The Labute approximate surface area is 89.0 Å². The third-order valence-electron chi connectivity index (χ3n) is 2.52. The minimum Gasteiger partial charge on any atom is -0.309 e. The average Bonchev–Trinajstić information content (AvgIpc) is 2.57. The normalized spacial score (nSPS) is 20.5. The van der Waals surface area contributed by atoms with Crippen LogP contribution in [0.15, 0.2) is 23.3 Å². The zero-order chi connectivity index (χ0) is 10.1. The third kappa shape index (κ3) is 1.62. The van der Waals surface area contributed by atoms with E-state index in [0.717, 1.165) is 22.8 Å². The Balaban J connectivity index is 2.37. The van der Waals surface area contributed by atoms with Gasteiger partial charge >= 0.3 is 0 Å². The number of nitrogens with one attached hydrogen (secondary N) is 1. The van der Waals surface area contributed by atoms with Gasteiger partial charge in [-0.2, -0.15) is 5.10 Å². The summed E-state index contributed by atoms with van der Waals surface area (Å²) in [4.78, 5) is 0. The molecule has 0 saturated heterocycles. The number of halogens is 1. The van der Waals surface area contributed by atoms with Gasteiger partial charge in [-0.15, -0.1) is 0 Å². The van der Waals surface area contributed by atoms with E-state index in [2.05, 4.69) is 23.5 Å². The molecule has 1 atom stereocenters. The van der Waals surface area contributed by atoms with Crippen molar-refractivity contribution in [1.29, 1.82) is 0 Å². The number of aryl methyl sites for hydroxylation is 1. The molecule has 1 N–H and O–H groups in total. The lowest BCUT2D eigenvalue weighted by molar-refractivity contribution is 0.708. The average molecular weight is 209 g/mol. The van der Waals surface area contributed by atoms with E-state index < -0.39 is 0 Å². The van der Waals surface area contributed by atoms with E-state index in [-0.39, 0.29) is 0 Å². The summed E-state index contributed by atoms with van der Waals surface area (Å²) >= 11 is 5.97. The first-order valence-electron chi connectivity index (χ1n) is 4.75. The number of hydrazone groups is 1. The SMILES string of the molecule is Cc1cc(C2=NNCC2C)ccc1Cl. The number of hydrogen-bond donors (Lipinski definition) is 1. The minimum absolute atomic E-state index is 0.482. The summed E-state index contributed by atoms with van der Waals surface area (Å²) < 4.78 is 0. The van der Waals surface area contributed by atoms with Crippen molar-refractivity contribution in [2.75, 3.05) is 6.54 Å². The summed E-state index contributed by atoms with van der Waals surface area (Å²) in [5.41, 5.74) is 6.41. The molecular weight excluding hydrogens is 196 g/mol. The van der Waals surface area contributed by atoms with Gasteiger partial charge in [0.25, 0.3) is 0 Å². The van der Waals surface area contributed by atoms with Crippen molar-refractivity contribution >= 4 is 17.3 Å². The zero-order valence-corrected chi connectivity index (χ0v) is 9.10. The summed E-state index contributed by atoms with van der Waals surface area (Å²) in [6.07, 6.45) is 0. The lowest BCUT2D eigenvalue weighted by atomic mass is 9.98. The lowest BCUT2D eigenvalue weighted by Crippen LogP contribution is -2.12. The molecule has 0 spiro atoms. The highest BCUT2D eigenvalue weighted by molar-refractivity contribution is 6.31. The van der Waals surface area contributed by atoms with E-state index in [9.17, 15) is 0 Å². The van der Waals surface area contributed by atoms with Gasteiger partial charge in [-0.3, -0.25) is 0 Å². The molecule has 1 aromatic carbocycles. The van der Waals surface area contributed by atoms with E-state index in [0.29, 0.717) is 5.92 Å². The summed E-state index contributed by atoms with van der Waals surface area (Å²) in [6, 6.07) is 6.04. The van der Waals surface area contributed by atoms with Crippen LogP contribution in [0, 0.1) is 12.8 Å². The van der Waals surface area contributed by atoms with Crippen LogP contribution >= 0.6 is 11.6 Å². The Morgan fingerprint density at radius 1 is 1.50 bits per heavy atom. The van der Waals surface area contributed by atoms with Crippen LogP contribution in [-0.4, -0.2) is 12.3 Å². The van der Waals surface area contributed by atoms with Gasteiger partial charge in [0.2, 0.25) is 0 Å². The zero-order valence-electron chi connectivity index (χ0n) is 8.34. The fraction of sp³-hybridized carbons (Fsp3) is 0.364. The van der Waals surface area contributed by atoms with Crippen molar-refractivity contribution in [1.82, 2.24) is 5.43 Å². The Hall–Kier alpha value is -1.02. The molecule has 2 rings (SSSR count). The van der Waals surface area contributed by atoms with Gasteiger partial charge in [0.1, 0.15) is 0 Å². The minimum atomic E-state index is 0.482. The summed E-state index contributed by atoms with van der Waals surface area (Å²) in [5, 5.41) is 5.09. The molecule has 14 heavy (non-hydrogen) atoms. The van der Waals surface area contributed by atoms with E-state index in [1.54, 1.807) is 0 Å². The van der Waals surface area contributed by atoms with Crippen LogP contribution in [0.25, 0.3) is 0 Å². The molecule has 1 unspecified atom stereocenters.